The van der Waals surface area contributed by atoms with E-state index in [9.17, 15) is 0 Å². The number of nitrogens with zero attached hydrogens (tertiary/aromatic N) is 4. The molecule has 1 aliphatic rings. The van der Waals surface area contributed by atoms with Crippen LogP contribution in [0, 0.1) is 12.3 Å². The number of aryl methyl sites for hydroxylation is 1. The minimum atomic E-state index is 0.0522. The van der Waals surface area contributed by atoms with Gasteiger partial charge in [-0.2, -0.15) is 0 Å². The Morgan fingerprint density at radius 2 is 2.21 bits per heavy atom. The molecule has 3 heterocycles. The number of nitrogen functional groups attached to an aromatic ring is 1. The molecular formula is C13H16N6. The van der Waals surface area contributed by atoms with E-state index in [1.165, 1.54) is 0 Å². The van der Waals surface area contributed by atoms with E-state index < -0.39 is 0 Å². The first-order valence-electron chi connectivity index (χ1n) is 6.22. The van der Waals surface area contributed by atoms with Crippen LogP contribution in [0.2, 0.25) is 0 Å². The quantitative estimate of drug-likeness (QED) is 0.617. The van der Waals surface area contributed by atoms with Crippen molar-refractivity contribution in [3.05, 3.63) is 41.6 Å². The summed E-state index contributed by atoms with van der Waals surface area (Å²) in [4.78, 5) is 11.0. The molecule has 2 aromatic rings. The number of hydrogen-bond acceptors (Lipinski definition) is 4. The first kappa shape index (κ1) is 11.7. The van der Waals surface area contributed by atoms with Crippen LogP contribution in [0.25, 0.3) is 0 Å². The second-order valence-electron chi connectivity index (χ2n) is 4.70. The van der Waals surface area contributed by atoms with Crippen molar-refractivity contribution in [3.63, 3.8) is 0 Å². The van der Waals surface area contributed by atoms with E-state index in [0.29, 0.717) is 12.1 Å². The van der Waals surface area contributed by atoms with E-state index in [2.05, 4.69) is 19.4 Å². The number of pyridine rings is 1. The minimum Gasteiger partial charge on any atom is -0.384 e. The molecule has 0 aromatic carbocycles. The molecule has 0 bridgehead atoms. The van der Waals surface area contributed by atoms with Crippen LogP contribution in [0.3, 0.4) is 0 Å². The van der Waals surface area contributed by atoms with E-state index in [0.717, 1.165) is 30.4 Å². The highest BCUT2D eigenvalue weighted by molar-refractivity contribution is 5.99. The van der Waals surface area contributed by atoms with Gasteiger partial charge < -0.3 is 15.2 Å². The molecule has 6 nitrogen and oxygen atoms in total. The van der Waals surface area contributed by atoms with Crippen LogP contribution in [0.1, 0.15) is 17.1 Å². The molecule has 0 amide bonds. The Bertz CT molecular complexity index is 630. The lowest BCUT2D eigenvalue weighted by molar-refractivity contribution is 0.555. The monoisotopic (exact) mass is 256 g/mol. The number of imidazole rings is 1. The Morgan fingerprint density at radius 1 is 1.37 bits per heavy atom. The largest absolute Gasteiger partial charge is 0.384 e. The summed E-state index contributed by atoms with van der Waals surface area (Å²) in [5.74, 6) is 1.85. The summed E-state index contributed by atoms with van der Waals surface area (Å²) in [5.41, 5.74) is 7.25. The summed E-state index contributed by atoms with van der Waals surface area (Å²) in [6.07, 6.45) is 3.80. The van der Waals surface area contributed by atoms with Gasteiger partial charge in [-0.15, -0.1) is 0 Å². The fourth-order valence-corrected chi connectivity index (χ4v) is 2.35. The predicted octanol–water partition coefficient (Wildman–Crippen LogP) is 0.891. The minimum absolute atomic E-state index is 0.0522. The molecule has 98 valence electrons. The van der Waals surface area contributed by atoms with Crippen molar-refractivity contribution in [2.75, 3.05) is 11.4 Å². The SMILES string of the molecule is Cc1ccc(C(=N)N)c(N2CCn3ccnc3C2)n1. The van der Waals surface area contributed by atoms with Crippen molar-refractivity contribution >= 4 is 11.7 Å². The van der Waals surface area contributed by atoms with Gasteiger partial charge in [0.2, 0.25) is 0 Å². The number of aromatic nitrogens is 3. The lowest BCUT2D eigenvalue weighted by Crippen LogP contribution is -2.35. The number of fused-ring (bicyclic) bond motifs is 1. The Morgan fingerprint density at radius 3 is 3.00 bits per heavy atom. The number of anilines is 1. The first-order valence-corrected chi connectivity index (χ1v) is 6.22. The summed E-state index contributed by atoms with van der Waals surface area (Å²) < 4.78 is 2.14. The summed E-state index contributed by atoms with van der Waals surface area (Å²) >= 11 is 0. The van der Waals surface area contributed by atoms with E-state index >= 15 is 0 Å². The average Bonchev–Trinajstić information content (AvgIpc) is 2.85. The number of amidine groups is 1. The molecule has 6 heteroatoms. The normalized spacial score (nSPS) is 14.3. The third-order valence-electron chi connectivity index (χ3n) is 3.35. The fourth-order valence-electron chi connectivity index (χ4n) is 2.35. The third kappa shape index (κ3) is 2.05. The van der Waals surface area contributed by atoms with E-state index in [1.54, 1.807) is 0 Å². The zero-order valence-corrected chi connectivity index (χ0v) is 10.8. The van der Waals surface area contributed by atoms with Gasteiger partial charge in [-0.25, -0.2) is 9.97 Å². The summed E-state index contributed by atoms with van der Waals surface area (Å²) in [7, 11) is 0. The van der Waals surface area contributed by atoms with Crippen molar-refractivity contribution in [3.8, 4) is 0 Å². The highest BCUT2D eigenvalue weighted by Crippen LogP contribution is 2.22. The van der Waals surface area contributed by atoms with Crippen LogP contribution < -0.4 is 10.6 Å². The van der Waals surface area contributed by atoms with E-state index in [4.69, 9.17) is 11.1 Å². The number of nitrogens with one attached hydrogen (secondary N) is 1. The smallest absolute Gasteiger partial charge is 0.140 e. The molecule has 0 aliphatic carbocycles. The van der Waals surface area contributed by atoms with Crippen LogP contribution in [0.4, 0.5) is 5.82 Å². The predicted molar refractivity (Wildman–Crippen MR) is 73.3 cm³/mol. The Hall–Kier alpha value is -2.37. The average molecular weight is 256 g/mol. The topological polar surface area (TPSA) is 83.8 Å². The highest BCUT2D eigenvalue weighted by atomic mass is 15.3. The van der Waals surface area contributed by atoms with Crippen molar-refractivity contribution in [1.29, 1.82) is 5.41 Å². The molecule has 2 aromatic heterocycles. The molecule has 19 heavy (non-hydrogen) atoms. The maximum Gasteiger partial charge on any atom is 0.140 e. The number of nitrogens with two attached hydrogens (primary N) is 1. The van der Waals surface area contributed by atoms with Gasteiger partial charge in [0.1, 0.15) is 17.5 Å². The molecule has 3 rings (SSSR count). The number of rotatable bonds is 2. The second-order valence-corrected chi connectivity index (χ2v) is 4.70. The molecule has 3 N–H and O–H groups in total. The van der Waals surface area contributed by atoms with Crippen LogP contribution in [-0.4, -0.2) is 26.9 Å². The molecule has 0 saturated carbocycles. The second kappa shape index (κ2) is 4.38. The van der Waals surface area contributed by atoms with Crippen molar-refractivity contribution < 1.29 is 0 Å². The third-order valence-corrected chi connectivity index (χ3v) is 3.35. The van der Waals surface area contributed by atoms with Gasteiger partial charge in [-0.1, -0.05) is 0 Å². The van der Waals surface area contributed by atoms with Crippen molar-refractivity contribution in [2.24, 2.45) is 5.73 Å². The van der Waals surface area contributed by atoms with Crippen LogP contribution in [0.5, 0.6) is 0 Å². The van der Waals surface area contributed by atoms with Crippen molar-refractivity contribution in [1.82, 2.24) is 14.5 Å². The zero-order valence-electron chi connectivity index (χ0n) is 10.8. The Labute approximate surface area is 111 Å². The first-order chi connectivity index (χ1) is 9.15. The van der Waals surface area contributed by atoms with Gasteiger partial charge in [-0.3, -0.25) is 5.41 Å². The molecule has 0 atom stereocenters. The standard InChI is InChI=1S/C13H16N6/c1-9-2-3-10(12(14)15)13(17-9)19-7-6-18-5-4-16-11(18)8-19/h2-5H,6-8H2,1H3,(H3,14,15). The molecule has 0 fully saturated rings. The maximum absolute atomic E-state index is 7.67. The van der Waals surface area contributed by atoms with Gasteiger partial charge in [0, 0.05) is 31.2 Å². The summed E-state index contributed by atoms with van der Waals surface area (Å²) in [5, 5.41) is 7.67. The lowest BCUT2D eigenvalue weighted by Gasteiger charge is -2.30. The molecule has 0 saturated heterocycles. The number of hydrogen-bond donors (Lipinski definition) is 2. The molecule has 1 aliphatic heterocycles. The lowest BCUT2D eigenvalue weighted by atomic mass is 10.2. The van der Waals surface area contributed by atoms with Gasteiger partial charge in [0.05, 0.1) is 12.1 Å². The Balaban J connectivity index is 1.99. The van der Waals surface area contributed by atoms with Gasteiger partial charge >= 0.3 is 0 Å². The summed E-state index contributed by atoms with van der Waals surface area (Å²) in [6.45, 7) is 4.37. The van der Waals surface area contributed by atoms with Crippen LogP contribution in [-0.2, 0) is 13.1 Å². The van der Waals surface area contributed by atoms with Crippen molar-refractivity contribution in [2.45, 2.75) is 20.0 Å². The zero-order chi connectivity index (χ0) is 13.4. The highest BCUT2D eigenvalue weighted by Gasteiger charge is 2.21. The van der Waals surface area contributed by atoms with Crippen LogP contribution >= 0.6 is 0 Å². The molecule has 0 radical (unpaired) electrons. The van der Waals surface area contributed by atoms with Gasteiger partial charge in [0.15, 0.2) is 0 Å². The molecule has 0 unspecified atom stereocenters. The molecule has 0 spiro atoms. The van der Waals surface area contributed by atoms with E-state index in [-0.39, 0.29) is 5.84 Å². The summed E-state index contributed by atoms with van der Waals surface area (Å²) in [6, 6.07) is 3.74. The van der Waals surface area contributed by atoms with Crippen LogP contribution in [0.15, 0.2) is 24.5 Å². The van der Waals surface area contributed by atoms with Gasteiger partial charge in [-0.05, 0) is 19.1 Å². The van der Waals surface area contributed by atoms with Gasteiger partial charge in [0.25, 0.3) is 0 Å². The Kier molecular flexibility index (Phi) is 2.70. The van der Waals surface area contributed by atoms with E-state index in [1.807, 2.05) is 31.5 Å². The molecular weight excluding hydrogens is 240 g/mol. The maximum atomic E-state index is 7.67. The fraction of sp³-hybridized carbons (Fsp3) is 0.308.